The van der Waals surface area contributed by atoms with Gasteiger partial charge in [0.15, 0.2) is 0 Å². The number of benzene rings is 2. The van der Waals surface area contributed by atoms with Gasteiger partial charge in [-0.25, -0.2) is 0 Å². The summed E-state index contributed by atoms with van der Waals surface area (Å²) in [6, 6.07) is 15.2. The zero-order valence-corrected chi connectivity index (χ0v) is 15.0. The molecule has 2 aromatic carbocycles. The molecule has 6 heteroatoms. The second kappa shape index (κ2) is 8.15. The second-order valence-corrected chi connectivity index (χ2v) is 7.86. The Balaban J connectivity index is 2.17. The highest BCUT2D eigenvalue weighted by atomic mass is 35.5. The zero-order chi connectivity index (χ0) is 16.9. The molecule has 0 saturated heterocycles. The predicted molar refractivity (Wildman–Crippen MR) is 94.8 cm³/mol. The minimum Gasteiger partial charge on any atom is -0.270 e. The number of rotatable bonds is 7. The average molecular weight is 373 g/mol. The molecule has 0 aliphatic rings. The highest BCUT2D eigenvalue weighted by Crippen LogP contribution is 2.31. The summed E-state index contributed by atoms with van der Waals surface area (Å²) in [5, 5.41) is 1.07. The van der Waals surface area contributed by atoms with Gasteiger partial charge in [0.25, 0.3) is 10.1 Å². The minimum absolute atomic E-state index is 0.0625. The van der Waals surface area contributed by atoms with E-state index in [1.807, 2.05) is 36.4 Å². The Morgan fingerprint density at radius 1 is 1.09 bits per heavy atom. The van der Waals surface area contributed by atoms with Crippen molar-refractivity contribution >= 4 is 33.3 Å². The van der Waals surface area contributed by atoms with Gasteiger partial charge in [-0.2, -0.15) is 8.42 Å². The number of hydrogen-bond donors (Lipinski definition) is 0. The van der Waals surface area contributed by atoms with E-state index in [1.54, 1.807) is 12.1 Å². The summed E-state index contributed by atoms with van der Waals surface area (Å²) in [7, 11) is -3.50. The van der Waals surface area contributed by atoms with Crippen molar-refractivity contribution in [3.8, 4) is 0 Å². The van der Waals surface area contributed by atoms with Crippen molar-refractivity contribution < 1.29 is 12.6 Å². The molecule has 0 unspecified atom stereocenters. The molecule has 3 nitrogen and oxygen atoms in total. The summed E-state index contributed by atoms with van der Waals surface area (Å²) in [4.78, 5) is 0. The maximum absolute atomic E-state index is 11.3. The number of halogens is 2. The van der Waals surface area contributed by atoms with Crippen molar-refractivity contribution in [2.75, 3.05) is 12.9 Å². The summed E-state index contributed by atoms with van der Waals surface area (Å²) in [6.45, 7) is 0.0625. The van der Waals surface area contributed by atoms with Crippen LogP contribution < -0.4 is 0 Å². The molecule has 0 heterocycles. The van der Waals surface area contributed by atoms with Gasteiger partial charge in [-0.15, -0.1) is 0 Å². The first-order chi connectivity index (χ1) is 10.8. The highest BCUT2D eigenvalue weighted by Gasteiger charge is 2.18. The van der Waals surface area contributed by atoms with Gasteiger partial charge >= 0.3 is 0 Å². The Bertz CT molecular complexity index is 746. The van der Waals surface area contributed by atoms with E-state index in [1.165, 1.54) is 5.56 Å². The first kappa shape index (κ1) is 18.3. The Morgan fingerprint density at radius 3 is 2.39 bits per heavy atom. The van der Waals surface area contributed by atoms with Crippen LogP contribution in [0.4, 0.5) is 0 Å². The monoisotopic (exact) mass is 372 g/mol. The van der Waals surface area contributed by atoms with Crippen molar-refractivity contribution in [3.05, 3.63) is 69.7 Å². The van der Waals surface area contributed by atoms with Crippen LogP contribution in [0.1, 0.15) is 23.5 Å². The molecule has 0 N–H and O–H groups in total. The Kier molecular flexibility index (Phi) is 6.48. The lowest BCUT2D eigenvalue weighted by atomic mass is 9.93. The van der Waals surface area contributed by atoms with Gasteiger partial charge in [-0.1, -0.05) is 59.6 Å². The van der Waals surface area contributed by atoms with Crippen LogP contribution in [0.5, 0.6) is 0 Å². The van der Waals surface area contributed by atoms with Gasteiger partial charge in [-0.3, -0.25) is 4.18 Å². The lowest BCUT2D eigenvalue weighted by molar-refractivity contribution is 0.288. The molecule has 23 heavy (non-hydrogen) atoms. The molecule has 2 aromatic rings. The van der Waals surface area contributed by atoms with E-state index in [-0.39, 0.29) is 12.5 Å². The molecule has 0 amide bonds. The van der Waals surface area contributed by atoms with Crippen molar-refractivity contribution in [3.63, 3.8) is 0 Å². The molecular weight excluding hydrogens is 355 g/mol. The normalized spacial score (nSPS) is 13.0. The summed E-state index contributed by atoms with van der Waals surface area (Å²) in [5.74, 6) is -0.130. The predicted octanol–water partition coefficient (Wildman–Crippen LogP) is 4.69. The SMILES string of the molecule is CS(=O)(=O)OC[C@H](CCc1ccccc1)c1ccc(Cl)cc1Cl. The van der Waals surface area contributed by atoms with Crippen LogP contribution in [0.2, 0.25) is 10.0 Å². The average Bonchev–Trinajstić information content (AvgIpc) is 2.48. The lowest BCUT2D eigenvalue weighted by Crippen LogP contribution is -2.13. The van der Waals surface area contributed by atoms with Crippen molar-refractivity contribution in [1.82, 2.24) is 0 Å². The molecule has 0 aliphatic heterocycles. The third-order valence-electron chi connectivity index (χ3n) is 3.51. The molecule has 0 fully saturated rings. The fourth-order valence-corrected chi connectivity index (χ4v) is 3.33. The standard InChI is InChI=1S/C17H18Cl2O3S/c1-23(20,21)22-12-14(8-7-13-5-3-2-4-6-13)16-10-9-15(18)11-17(16)19/h2-6,9-11,14H,7-8,12H2,1H3/t14-/m0/s1. The van der Waals surface area contributed by atoms with Crippen LogP contribution in [0.25, 0.3) is 0 Å². The van der Waals surface area contributed by atoms with Gasteiger partial charge in [0, 0.05) is 16.0 Å². The molecule has 1 atom stereocenters. The van der Waals surface area contributed by atoms with Gasteiger partial charge in [0.05, 0.1) is 12.9 Å². The summed E-state index contributed by atoms with van der Waals surface area (Å²) >= 11 is 12.2. The summed E-state index contributed by atoms with van der Waals surface area (Å²) in [6.07, 6.45) is 2.57. The van der Waals surface area contributed by atoms with E-state index < -0.39 is 10.1 Å². The van der Waals surface area contributed by atoms with Gasteiger partial charge in [-0.05, 0) is 36.1 Å². The van der Waals surface area contributed by atoms with E-state index in [0.717, 1.165) is 24.7 Å². The van der Waals surface area contributed by atoms with E-state index >= 15 is 0 Å². The zero-order valence-electron chi connectivity index (χ0n) is 12.7. The lowest BCUT2D eigenvalue weighted by Gasteiger charge is -2.18. The third-order valence-corrected chi connectivity index (χ3v) is 4.64. The molecule has 0 saturated carbocycles. The molecule has 0 radical (unpaired) electrons. The van der Waals surface area contributed by atoms with E-state index in [0.29, 0.717) is 10.0 Å². The first-order valence-corrected chi connectivity index (χ1v) is 9.75. The summed E-state index contributed by atoms with van der Waals surface area (Å²) in [5.41, 5.74) is 2.03. The summed E-state index contributed by atoms with van der Waals surface area (Å²) < 4.78 is 27.6. The molecule has 2 rings (SSSR count). The maximum atomic E-state index is 11.3. The fraction of sp³-hybridized carbons (Fsp3) is 0.294. The van der Waals surface area contributed by atoms with Crippen LogP contribution >= 0.6 is 23.2 Å². The Hall–Kier alpha value is -1.07. The smallest absolute Gasteiger partial charge is 0.264 e. The Labute approximate surface area is 147 Å². The van der Waals surface area contributed by atoms with Crippen molar-refractivity contribution in [1.29, 1.82) is 0 Å². The molecule has 124 valence electrons. The number of hydrogen-bond acceptors (Lipinski definition) is 3. The first-order valence-electron chi connectivity index (χ1n) is 7.18. The third kappa shape index (κ3) is 6.15. The van der Waals surface area contributed by atoms with Crippen LogP contribution in [0.15, 0.2) is 48.5 Å². The fourth-order valence-electron chi connectivity index (χ4n) is 2.35. The van der Waals surface area contributed by atoms with Crippen LogP contribution in [0.3, 0.4) is 0 Å². The minimum atomic E-state index is -3.50. The largest absolute Gasteiger partial charge is 0.270 e. The van der Waals surface area contributed by atoms with Crippen molar-refractivity contribution in [2.45, 2.75) is 18.8 Å². The van der Waals surface area contributed by atoms with E-state index in [2.05, 4.69) is 0 Å². The van der Waals surface area contributed by atoms with Crippen LogP contribution in [-0.2, 0) is 20.7 Å². The molecule has 0 aromatic heterocycles. The Morgan fingerprint density at radius 2 is 1.78 bits per heavy atom. The second-order valence-electron chi connectivity index (χ2n) is 5.38. The quantitative estimate of drug-likeness (QED) is 0.662. The molecule has 0 bridgehead atoms. The highest BCUT2D eigenvalue weighted by molar-refractivity contribution is 7.85. The molecule has 0 aliphatic carbocycles. The van der Waals surface area contributed by atoms with Crippen LogP contribution in [-0.4, -0.2) is 21.3 Å². The molecular formula is C17H18Cl2O3S. The van der Waals surface area contributed by atoms with E-state index in [4.69, 9.17) is 27.4 Å². The van der Waals surface area contributed by atoms with Crippen LogP contribution in [0, 0.1) is 0 Å². The maximum Gasteiger partial charge on any atom is 0.264 e. The van der Waals surface area contributed by atoms with Crippen molar-refractivity contribution in [2.24, 2.45) is 0 Å². The van der Waals surface area contributed by atoms with Gasteiger partial charge < -0.3 is 0 Å². The topological polar surface area (TPSA) is 43.4 Å². The number of aryl methyl sites for hydroxylation is 1. The van der Waals surface area contributed by atoms with Gasteiger partial charge in [0.2, 0.25) is 0 Å². The van der Waals surface area contributed by atoms with E-state index in [9.17, 15) is 8.42 Å². The van der Waals surface area contributed by atoms with Gasteiger partial charge in [0.1, 0.15) is 0 Å². The molecule has 0 spiro atoms.